The van der Waals surface area contributed by atoms with E-state index in [0.29, 0.717) is 9.79 Å². The summed E-state index contributed by atoms with van der Waals surface area (Å²) in [6.07, 6.45) is 1.86. The smallest absolute Gasteiger partial charge is 0.270 e. The molecule has 0 bridgehead atoms. The maximum absolute atomic E-state index is 14.0. The Bertz CT molecular complexity index is 933. The number of nitrogens with zero attached hydrogens (tertiary/aromatic N) is 2. The van der Waals surface area contributed by atoms with Gasteiger partial charge in [0.1, 0.15) is 5.82 Å². The van der Waals surface area contributed by atoms with E-state index < -0.39 is 16.6 Å². The minimum absolute atomic E-state index is 0.0455. The number of nitro benzene ring substituents is 1. The average Bonchev–Trinajstić information content (AvgIpc) is 3.46. The van der Waals surface area contributed by atoms with Gasteiger partial charge in [-0.1, -0.05) is 23.9 Å². The van der Waals surface area contributed by atoms with Gasteiger partial charge < -0.3 is 10.2 Å². The van der Waals surface area contributed by atoms with Crippen LogP contribution >= 0.6 is 11.8 Å². The monoisotopic (exact) mass is 403 g/mol. The van der Waals surface area contributed by atoms with Crippen LogP contribution in [-0.4, -0.2) is 41.3 Å². The molecule has 0 unspecified atom stereocenters. The van der Waals surface area contributed by atoms with Gasteiger partial charge in [-0.3, -0.25) is 19.7 Å². The molecule has 0 atom stereocenters. The Morgan fingerprint density at radius 2 is 1.96 bits per heavy atom. The lowest BCUT2D eigenvalue weighted by Crippen LogP contribution is -2.39. The second kappa shape index (κ2) is 8.39. The van der Waals surface area contributed by atoms with E-state index >= 15 is 0 Å². The van der Waals surface area contributed by atoms with E-state index in [1.165, 1.54) is 30.1 Å². The first-order chi connectivity index (χ1) is 13.3. The molecule has 7 nitrogen and oxygen atoms in total. The molecule has 0 spiro atoms. The first-order valence-electron chi connectivity index (χ1n) is 8.61. The van der Waals surface area contributed by atoms with Crippen molar-refractivity contribution in [2.24, 2.45) is 0 Å². The third-order valence-corrected chi connectivity index (χ3v) is 5.26. The molecule has 3 rings (SSSR count). The number of amides is 2. The number of benzene rings is 2. The average molecular weight is 403 g/mol. The summed E-state index contributed by atoms with van der Waals surface area (Å²) in [6, 6.07) is 10.1. The van der Waals surface area contributed by atoms with Gasteiger partial charge >= 0.3 is 0 Å². The molecule has 0 aromatic heterocycles. The molecule has 1 fully saturated rings. The van der Waals surface area contributed by atoms with Crippen LogP contribution in [0, 0.1) is 15.9 Å². The molecule has 146 valence electrons. The number of likely N-dealkylation sites (N-methyl/N-ethyl adjacent to an activating group) is 1. The Morgan fingerprint density at radius 3 is 2.61 bits per heavy atom. The molecule has 1 aliphatic carbocycles. The van der Waals surface area contributed by atoms with Crippen LogP contribution in [0.3, 0.4) is 0 Å². The van der Waals surface area contributed by atoms with Crippen LogP contribution in [0.25, 0.3) is 0 Å². The number of halogens is 1. The lowest BCUT2D eigenvalue weighted by molar-refractivity contribution is -0.384. The van der Waals surface area contributed by atoms with Gasteiger partial charge in [-0.25, -0.2) is 4.39 Å². The lowest BCUT2D eigenvalue weighted by Gasteiger charge is -2.18. The summed E-state index contributed by atoms with van der Waals surface area (Å²) >= 11 is 1.00. The van der Waals surface area contributed by atoms with Crippen molar-refractivity contribution in [3.63, 3.8) is 0 Å². The van der Waals surface area contributed by atoms with Crippen molar-refractivity contribution in [3.8, 4) is 0 Å². The number of hydrogen-bond acceptors (Lipinski definition) is 5. The molecule has 2 amide bonds. The first-order valence-corrected chi connectivity index (χ1v) is 9.42. The minimum Gasteiger partial charge on any atom is -0.352 e. The Kier molecular flexibility index (Phi) is 5.93. The van der Waals surface area contributed by atoms with Crippen LogP contribution < -0.4 is 5.32 Å². The SMILES string of the molecule is CN(CC(=O)NC1CC1)C(=O)c1cc([N+](=O)[O-])ccc1Sc1ccccc1F. The Balaban J connectivity index is 1.86. The highest BCUT2D eigenvalue weighted by Crippen LogP contribution is 2.34. The van der Waals surface area contributed by atoms with Gasteiger partial charge in [-0.15, -0.1) is 0 Å². The van der Waals surface area contributed by atoms with Gasteiger partial charge in [-0.2, -0.15) is 0 Å². The largest absolute Gasteiger partial charge is 0.352 e. The number of nitrogens with one attached hydrogen (secondary N) is 1. The van der Waals surface area contributed by atoms with Crippen LogP contribution in [0.2, 0.25) is 0 Å². The predicted octanol–water partition coefficient (Wildman–Crippen LogP) is 3.24. The van der Waals surface area contributed by atoms with Crippen LogP contribution in [0.15, 0.2) is 52.3 Å². The number of carbonyl (C=O) groups is 2. The van der Waals surface area contributed by atoms with E-state index in [2.05, 4.69) is 5.32 Å². The third kappa shape index (κ3) is 4.86. The summed E-state index contributed by atoms with van der Waals surface area (Å²) in [7, 11) is 1.45. The Labute approximate surface area is 165 Å². The van der Waals surface area contributed by atoms with Crippen LogP contribution in [-0.2, 0) is 4.79 Å². The van der Waals surface area contributed by atoms with Gasteiger partial charge in [0.25, 0.3) is 11.6 Å². The number of rotatable bonds is 7. The van der Waals surface area contributed by atoms with Gasteiger partial charge in [-0.05, 0) is 31.0 Å². The summed E-state index contributed by atoms with van der Waals surface area (Å²) in [6.45, 7) is -0.165. The molecule has 1 N–H and O–H groups in total. The summed E-state index contributed by atoms with van der Waals surface area (Å²) in [5, 5.41) is 13.9. The van der Waals surface area contributed by atoms with E-state index in [9.17, 15) is 24.1 Å². The fourth-order valence-electron chi connectivity index (χ4n) is 2.53. The lowest BCUT2D eigenvalue weighted by atomic mass is 10.1. The first kappa shape index (κ1) is 19.8. The molecule has 1 saturated carbocycles. The van der Waals surface area contributed by atoms with E-state index in [1.54, 1.807) is 18.2 Å². The van der Waals surface area contributed by atoms with Crippen molar-refractivity contribution in [1.29, 1.82) is 0 Å². The fraction of sp³-hybridized carbons (Fsp3) is 0.263. The number of non-ortho nitro benzene ring substituents is 1. The molecule has 0 radical (unpaired) electrons. The van der Waals surface area contributed by atoms with E-state index in [-0.39, 0.29) is 29.7 Å². The summed E-state index contributed by atoms with van der Waals surface area (Å²) in [5.74, 6) is -1.29. The number of nitro groups is 1. The van der Waals surface area contributed by atoms with E-state index in [1.807, 2.05) is 0 Å². The predicted molar refractivity (Wildman–Crippen MR) is 102 cm³/mol. The van der Waals surface area contributed by atoms with Gasteiger partial charge in [0, 0.05) is 35.0 Å². The van der Waals surface area contributed by atoms with Gasteiger partial charge in [0.15, 0.2) is 0 Å². The third-order valence-electron chi connectivity index (χ3n) is 4.13. The minimum atomic E-state index is -0.603. The summed E-state index contributed by atoms with van der Waals surface area (Å²) in [4.78, 5) is 37.2. The van der Waals surface area contributed by atoms with Gasteiger partial charge in [0.2, 0.25) is 5.91 Å². The highest BCUT2D eigenvalue weighted by molar-refractivity contribution is 7.99. The molecule has 2 aromatic carbocycles. The zero-order valence-corrected chi connectivity index (χ0v) is 15.9. The van der Waals surface area contributed by atoms with Crippen molar-refractivity contribution in [3.05, 3.63) is 64.0 Å². The maximum atomic E-state index is 14.0. The Morgan fingerprint density at radius 1 is 1.25 bits per heavy atom. The molecule has 28 heavy (non-hydrogen) atoms. The van der Waals surface area contributed by atoms with Gasteiger partial charge in [0.05, 0.1) is 17.0 Å². The van der Waals surface area contributed by atoms with Crippen LogP contribution in [0.4, 0.5) is 10.1 Å². The van der Waals surface area contributed by atoms with E-state index in [4.69, 9.17) is 0 Å². The highest BCUT2D eigenvalue weighted by Gasteiger charge is 2.26. The number of carbonyl (C=O) groups excluding carboxylic acids is 2. The molecular formula is C19H18FN3O4S. The summed E-state index contributed by atoms with van der Waals surface area (Å²) < 4.78 is 14.0. The second-order valence-electron chi connectivity index (χ2n) is 6.47. The highest BCUT2D eigenvalue weighted by atomic mass is 32.2. The molecular weight excluding hydrogens is 385 g/mol. The molecule has 1 aliphatic rings. The van der Waals surface area contributed by atoms with Crippen molar-refractivity contribution < 1.29 is 18.9 Å². The Hall–Kier alpha value is -2.94. The zero-order chi connectivity index (χ0) is 20.3. The normalized spacial score (nSPS) is 13.1. The van der Waals surface area contributed by atoms with Crippen molar-refractivity contribution in [1.82, 2.24) is 10.2 Å². The maximum Gasteiger partial charge on any atom is 0.270 e. The molecule has 2 aromatic rings. The molecule has 9 heteroatoms. The summed E-state index contributed by atoms with van der Waals surface area (Å²) in [5.41, 5.74) is -0.207. The number of hydrogen-bond donors (Lipinski definition) is 1. The topological polar surface area (TPSA) is 92.6 Å². The quantitative estimate of drug-likeness (QED) is 0.566. The van der Waals surface area contributed by atoms with Crippen LogP contribution in [0.5, 0.6) is 0 Å². The molecule has 0 aliphatic heterocycles. The second-order valence-corrected chi connectivity index (χ2v) is 7.56. The standard InChI is InChI=1S/C19H18FN3O4S/c1-22(11-18(24)21-12-6-7-12)19(25)14-10-13(23(26)27)8-9-16(14)28-17-5-3-2-4-15(17)20/h2-5,8-10,12H,6-7,11H2,1H3,(H,21,24). The molecule has 0 heterocycles. The van der Waals surface area contributed by atoms with Crippen molar-refractivity contribution in [2.45, 2.75) is 28.7 Å². The molecule has 0 saturated heterocycles. The zero-order valence-electron chi connectivity index (χ0n) is 15.1. The van der Waals surface area contributed by atoms with Crippen molar-refractivity contribution >= 4 is 29.3 Å². The van der Waals surface area contributed by atoms with Crippen molar-refractivity contribution in [2.75, 3.05) is 13.6 Å². The van der Waals surface area contributed by atoms with Crippen LogP contribution in [0.1, 0.15) is 23.2 Å². The van der Waals surface area contributed by atoms with E-state index in [0.717, 1.165) is 30.7 Å². The fourth-order valence-corrected chi connectivity index (χ4v) is 3.47.